The third-order valence-electron chi connectivity index (χ3n) is 3.76. The van der Waals surface area contributed by atoms with Gasteiger partial charge in [0.15, 0.2) is 5.96 Å². The minimum absolute atomic E-state index is 0. The van der Waals surface area contributed by atoms with Crippen molar-refractivity contribution < 1.29 is 4.21 Å². The molecule has 2 N–H and O–H groups in total. The van der Waals surface area contributed by atoms with E-state index in [1.807, 2.05) is 30.3 Å². The number of nitrogens with one attached hydrogen (secondary N) is 2. The van der Waals surface area contributed by atoms with Crippen molar-refractivity contribution in [2.75, 3.05) is 25.9 Å². The molecule has 0 saturated carbocycles. The summed E-state index contributed by atoms with van der Waals surface area (Å²) in [6, 6.07) is 14.2. The summed E-state index contributed by atoms with van der Waals surface area (Å²) in [5.74, 6) is 2.52. The lowest BCUT2D eigenvalue weighted by atomic mass is 10.1. The highest BCUT2D eigenvalue weighted by molar-refractivity contribution is 14.0. The van der Waals surface area contributed by atoms with Crippen molar-refractivity contribution in [1.29, 1.82) is 0 Å². The van der Waals surface area contributed by atoms with Crippen molar-refractivity contribution in [1.82, 2.24) is 10.6 Å². The van der Waals surface area contributed by atoms with Gasteiger partial charge in [0.05, 0.1) is 0 Å². The lowest BCUT2D eigenvalue weighted by Crippen LogP contribution is -2.41. The monoisotopic (exact) mass is 505 g/mol. The van der Waals surface area contributed by atoms with Gasteiger partial charge in [-0.2, -0.15) is 0 Å². The molecule has 0 aliphatic rings. The molecule has 26 heavy (non-hydrogen) atoms. The molecule has 0 aliphatic carbocycles. The van der Waals surface area contributed by atoms with Crippen molar-refractivity contribution >= 4 is 52.1 Å². The minimum Gasteiger partial charge on any atom is -0.356 e. The van der Waals surface area contributed by atoms with E-state index in [2.05, 4.69) is 40.1 Å². The van der Waals surface area contributed by atoms with E-state index in [4.69, 9.17) is 0 Å². The van der Waals surface area contributed by atoms with Crippen LogP contribution in [-0.2, 0) is 23.0 Å². The Balaban J connectivity index is 0.00000338. The van der Waals surface area contributed by atoms with Crippen molar-refractivity contribution in [2.45, 2.75) is 19.1 Å². The molecular weight excluding hydrogens is 477 g/mol. The third-order valence-corrected chi connectivity index (χ3v) is 5.98. The zero-order valence-electron chi connectivity index (χ0n) is 15.3. The number of hydrogen-bond donors (Lipinski definition) is 2. The lowest BCUT2D eigenvalue weighted by Gasteiger charge is -2.15. The summed E-state index contributed by atoms with van der Waals surface area (Å²) in [6.45, 7) is 3.75. The van der Waals surface area contributed by atoms with E-state index in [0.29, 0.717) is 24.0 Å². The number of rotatable bonds is 9. The van der Waals surface area contributed by atoms with E-state index in [1.165, 1.54) is 4.88 Å². The van der Waals surface area contributed by atoms with Crippen molar-refractivity contribution in [3.8, 4) is 0 Å². The molecule has 144 valence electrons. The Kier molecular flexibility index (Phi) is 11.8. The SMILES string of the molecule is CN=C(NCCS(=O)Cc1ccccc1)NCC(C)Cc1cccs1.I. The Labute approximate surface area is 180 Å². The summed E-state index contributed by atoms with van der Waals surface area (Å²) in [7, 11) is 0.896. The Morgan fingerprint density at radius 1 is 1.19 bits per heavy atom. The molecule has 1 heterocycles. The molecule has 2 atom stereocenters. The van der Waals surface area contributed by atoms with Gasteiger partial charge in [-0.25, -0.2) is 0 Å². The quantitative estimate of drug-likeness (QED) is 0.311. The highest BCUT2D eigenvalue weighted by Gasteiger charge is 2.07. The predicted octanol–water partition coefficient (Wildman–Crippen LogP) is 3.66. The Morgan fingerprint density at radius 2 is 1.96 bits per heavy atom. The molecule has 2 unspecified atom stereocenters. The molecule has 4 nitrogen and oxygen atoms in total. The summed E-state index contributed by atoms with van der Waals surface area (Å²) in [5.41, 5.74) is 1.12. The van der Waals surface area contributed by atoms with Gasteiger partial charge < -0.3 is 10.6 Å². The zero-order valence-corrected chi connectivity index (χ0v) is 19.3. The molecule has 0 aliphatic heterocycles. The van der Waals surface area contributed by atoms with Gasteiger partial charge in [0.2, 0.25) is 0 Å². The fraction of sp³-hybridized carbons (Fsp3) is 0.421. The fourth-order valence-electron chi connectivity index (χ4n) is 2.45. The molecule has 7 heteroatoms. The number of hydrogen-bond acceptors (Lipinski definition) is 3. The smallest absolute Gasteiger partial charge is 0.191 e. The van der Waals surface area contributed by atoms with Gasteiger partial charge in [0.25, 0.3) is 0 Å². The van der Waals surface area contributed by atoms with Crippen LogP contribution in [0.25, 0.3) is 0 Å². The third kappa shape index (κ3) is 9.14. The first-order valence-electron chi connectivity index (χ1n) is 8.53. The highest BCUT2D eigenvalue weighted by Crippen LogP contribution is 2.13. The van der Waals surface area contributed by atoms with Gasteiger partial charge >= 0.3 is 0 Å². The molecule has 1 aromatic carbocycles. The average Bonchev–Trinajstić information content (AvgIpc) is 3.11. The van der Waals surface area contributed by atoms with Crippen molar-refractivity contribution in [2.24, 2.45) is 10.9 Å². The molecular formula is C19H28IN3OS2. The zero-order chi connectivity index (χ0) is 17.9. The second-order valence-corrected chi connectivity index (χ2v) is 8.65. The van der Waals surface area contributed by atoms with E-state index >= 15 is 0 Å². The minimum atomic E-state index is -0.868. The summed E-state index contributed by atoms with van der Waals surface area (Å²) >= 11 is 1.80. The van der Waals surface area contributed by atoms with Crippen LogP contribution in [0.4, 0.5) is 0 Å². The maximum atomic E-state index is 12.1. The van der Waals surface area contributed by atoms with Gasteiger partial charge in [-0.05, 0) is 29.3 Å². The van der Waals surface area contributed by atoms with Crippen LogP contribution in [0.1, 0.15) is 17.4 Å². The van der Waals surface area contributed by atoms with E-state index in [0.717, 1.165) is 24.5 Å². The topological polar surface area (TPSA) is 53.5 Å². The number of thiophene rings is 1. The first-order chi connectivity index (χ1) is 12.2. The summed E-state index contributed by atoms with van der Waals surface area (Å²) in [4.78, 5) is 5.65. The van der Waals surface area contributed by atoms with Crippen LogP contribution in [0.15, 0.2) is 52.8 Å². The number of aliphatic imine (C=N–C) groups is 1. The second kappa shape index (κ2) is 13.3. The van der Waals surface area contributed by atoms with Crippen LogP contribution < -0.4 is 10.6 Å². The molecule has 0 amide bonds. The summed E-state index contributed by atoms with van der Waals surface area (Å²) in [6.07, 6.45) is 1.07. The molecule has 0 radical (unpaired) electrons. The maximum Gasteiger partial charge on any atom is 0.191 e. The van der Waals surface area contributed by atoms with Gasteiger partial charge in [-0.3, -0.25) is 9.20 Å². The fourth-order valence-corrected chi connectivity index (χ4v) is 4.36. The van der Waals surface area contributed by atoms with E-state index in [1.54, 1.807) is 18.4 Å². The molecule has 0 fully saturated rings. The molecule has 1 aromatic heterocycles. The highest BCUT2D eigenvalue weighted by atomic mass is 127. The summed E-state index contributed by atoms with van der Waals surface area (Å²) in [5, 5.41) is 8.71. The van der Waals surface area contributed by atoms with Gasteiger partial charge in [-0.1, -0.05) is 43.3 Å². The Morgan fingerprint density at radius 3 is 2.62 bits per heavy atom. The molecule has 2 aromatic rings. The second-order valence-electron chi connectivity index (χ2n) is 6.04. The first kappa shape index (κ1) is 23.1. The standard InChI is InChI=1S/C19H27N3OS2.HI/c1-16(13-18-9-6-11-24-18)14-22-19(20-2)21-10-12-25(23)15-17-7-4-3-5-8-17;/h3-9,11,16H,10,12-15H2,1-2H3,(H2,20,21,22);1H. The predicted molar refractivity (Wildman–Crippen MR) is 125 cm³/mol. The number of nitrogens with zero attached hydrogens (tertiary/aromatic N) is 1. The van der Waals surface area contributed by atoms with Crippen LogP contribution in [-0.4, -0.2) is 36.1 Å². The van der Waals surface area contributed by atoms with E-state index in [9.17, 15) is 4.21 Å². The van der Waals surface area contributed by atoms with E-state index < -0.39 is 10.8 Å². The van der Waals surface area contributed by atoms with Crippen LogP contribution in [0.2, 0.25) is 0 Å². The van der Waals surface area contributed by atoms with Gasteiger partial charge in [0.1, 0.15) is 0 Å². The van der Waals surface area contributed by atoms with Crippen LogP contribution in [0.5, 0.6) is 0 Å². The molecule has 0 saturated heterocycles. The Hall–Kier alpha value is -0.930. The van der Waals surface area contributed by atoms with Gasteiger partial charge in [-0.15, -0.1) is 35.3 Å². The maximum absolute atomic E-state index is 12.1. The van der Waals surface area contributed by atoms with Crippen LogP contribution in [0, 0.1) is 5.92 Å². The number of guanidine groups is 1. The van der Waals surface area contributed by atoms with Crippen LogP contribution in [0.3, 0.4) is 0 Å². The number of benzene rings is 1. The largest absolute Gasteiger partial charge is 0.356 e. The lowest BCUT2D eigenvalue weighted by molar-refractivity contribution is 0.563. The summed E-state index contributed by atoms with van der Waals surface area (Å²) < 4.78 is 12.1. The van der Waals surface area contributed by atoms with E-state index in [-0.39, 0.29) is 24.0 Å². The molecule has 2 rings (SSSR count). The van der Waals surface area contributed by atoms with Crippen molar-refractivity contribution in [3.05, 3.63) is 58.3 Å². The molecule has 0 bridgehead atoms. The van der Waals surface area contributed by atoms with Crippen LogP contribution >= 0.6 is 35.3 Å². The van der Waals surface area contributed by atoms with Gasteiger partial charge in [0, 0.05) is 47.3 Å². The molecule has 0 spiro atoms. The first-order valence-corrected chi connectivity index (χ1v) is 10.9. The average molecular weight is 505 g/mol. The Bertz CT molecular complexity index is 663. The number of halogens is 1. The normalized spacial score (nSPS) is 13.5. The van der Waals surface area contributed by atoms with Crippen molar-refractivity contribution in [3.63, 3.8) is 0 Å².